The number of fused-ring (bicyclic) bond motifs is 2. The van der Waals surface area contributed by atoms with E-state index in [0.29, 0.717) is 17.9 Å². The van der Waals surface area contributed by atoms with Crippen molar-refractivity contribution in [2.75, 3.05) is 5.32 Å². The molecule has 1 N–H and O–H groups in total. The Bertz CT molecular complexity index is 991. The molecular weight excluding hydrogens is 356 g/mol. The highest BCUT2D eigenvalue weighted by atomic mass is 16.5. The fourth-order valence-electron chi connectivity index (χ4n) is 3.44. The predicted molar refractivity (Wildman–Crippen MR) is 105 cm³/mol. The molecule has 144 valence electrons. The predicted octanol–water partition coefficient (Wildman–Crippen LogP) is 3.82. The lowest BCUT2D eigenvalue weighted by Gasteiger charge is -2.14. The highest BCUT2D eigenvalue weighted by Crippen LogP contribution is 2.25. The number of carbonyl (C=O) groups is 2. The zero-order valence-corrected chi connectivity index (χ0v) is 15.7. The van der Waals surface area contributed by atoms with Crippen molar-refractivity contribution in [2.24, 2.45) is 0 Å². The summed E-state index contributed by atoms with van der Waals surface area (Å²) in [6.45, 7) is 1.57. The maximum atomic E-state index is 12.3. The summed E-state index contributed by atoms with van der Waals surface area (Å²) in [4.78, 5) is 28.7. The van der Waals surface area contributed by atoms with Crippen LogP contribution in [0.25, 0.3) is 11.1 Å². The van der Waals surface area contributed by atoms with Crippen LogP contribution in [0.3, 0.4) is 0 Å². The Balaban J connectivity index is 1.28. The Labute approximate surface area is 162 Å². The molecule has 0 saturated carbocycles. The number of benzene rings is 2. The normalized spacial score (nSPS) is 13.9. The molecule has 1 heterocycles. The number of hydrogen-bond donors (Lipinski definition) is 1. The van der Waals surface area contributed by atoms with E-state index in [1.54, 1.807) is 6.92 Å². The molecule has 1 aliphatic rings. The average Bonchev–Trinajstić information content (AvgIpc) is 3.32. The molecule has 0 bridgehead atoms. The first-order chi connectivity index (χ1) is 13.6. The minimum absolute atomic E-state index is 0.100. The highest BCUT2D eigenvalue weighted by Gasteiger charge is 2.19. The summed E-state index contributed by atoms with van der Waals surface area (Å²) in [6, 6.07) is 13.4. The fraction of sp³-hybridized carbons (Fsp3) is 0.318. The van der Waals surface area contributed by atoms with Crippen molar-refractivity contribution in [1.29, 1.82) is 0 Å². The van der Waals surface area contributed by atoms with Crippen molar-refractivity contribution in [3.8, 4) is 0 Å². The Morgan fingerprint density at radius 3 is 2.86 bits per heavy atom. The molecule has 28 heavy (non-hydrogen) atoms. The van der Waals surface area contributed by atoms with Crippen LogP contribution in [0.5, 0.6) is 0 Å². The number of aryl methyl sites for hydroxylation is 3. The quantitative estimate of drug-likeness (QED) is 0.660. The second-order valence-corrected chi connectivity index (χ2v) is 7.03. The lowest BCUT2D eigenvalue weighted by molar-refractivity contribution is -0.153. The monoisotopic (exact) mass is 378 g/mol. The minimum Gasteiger partial charge on any atom is -0.453 e. The van der Waals surface area contributed by atoms with E-state index in [9.17, 15) is 9.59 Å². The number of oxazole rings is 1. The molecule has 1 amide bonds. The van der Waals surface area contributed by atoms with Crippen LogP contribution < -0.4 is 5.32 Å². The molecule has 0 aliphatic heterocycles. The van der Waals surface area contributed by atoms with E-state index in [-0.39, 0.29) is 12.3 Å². The Kier molecular flexibility index (Phi) is 5.10. The summed E-state index contributed by atoms with van der Waals surface area (Å²) >= 11 is 0. The van der Waals surface area contributed by atoms with Gasteiger partial charge >= 0.3 is 5.97 Å². The Morgan fingerprint density at radius 1 is 1.18 bits per heavy atom. The summed E-state index contributed by atoms with van der Waals surface area (Å²) in [5.74, 6) is -0.319. The second kappa shape index (κ2) is 7.84. The van der Waals surface area contributed by atoms with Gasteiger partial charge in [0.15, 0.2) is 17.6 Å². The first-order valence-electron chi connectivity index (χ1n) is 9.55. The van der Waals surface area contributed by atoms with Gasteiger partial charge in [0.2, 0.25) is 0 Å². The van der Waals surface area contributed by atoms with Gasteiger partial charge in [-0.3, -0.25) is 9.59 Å². The SMILES string of the molecule is C[C@H](OC(=O)CCc1nc2ccccc2o1)C(=O)Nc1ccc2c(c1)CCC2. The molecule has 2 aromatic carbocycles. The molecule has 0 unspecified atom stereocenters. The van der Waals surface area contributed by atoms with Gasteiger partial charge in [0.1, 0.15) is 5.52 Å². The smallest absolute Gasteiger partial charge is 0.307 e. The van der Waals surface area contributed by atoms with Crippen molar-refractivity contribution in [3.05, 3.63) is 59.5 Å². The van der Waals surface area contributed by atoms with Crippen LogP contribution in [0.2, 0.25) is 0 Å². The number of carbonyl (C=O) groups excluding carboxylic acids is 2. The zero-order chi connectivity index (χ0) is 19.5. The van der Waals surface area contributed by atoms with Gasteiger partial charge in [0, 0.05) is 12.1 Å². The van der Waals surface area contributed by atoms with Crippen LogP contribution >= 0.6 is 0 Å². The lowest BCUT2D eigenvalue weighted by Crippen LogP contribution is -2.30. The van der Waals surface area contributed by atoms with Crippen molar-refractivity contribution in [2.45, 2.75) is 45.1 Å². The summed E-state index contributed by atoms with van der Waals surface area (Å²) in [5, 5.41) is 2.82. The van der Waals surface area contributed by atoms with Gasteiger partial charge < -0.3 is 14.5 Å². The summed E-state index contributed by atoms with van der Waals surface area (Å²) in [7, 11) is 0. The maximum Gasteiger partial charge on any atom is 0.307 e. The number of anilines is 1. The largest absolute Gasteiger partial charge is 0.453 e. The van der Waals surface area contributed by atoms with Gasteiger partial charge in [-0.1, -0.05) is 18.2 Å². The Morgan fingerprint density at radius 2 is 2.00 bits per heavy atom. The van der Waals surface area contributed by atoms with Crippen LogP contribution in [-0.4, -0.2) is 23.0 Å². The van der Waals surface area contributed by atoms with Crippen molar-refractivity contribution >= 4 is 28.7 Å². The van der Waals surface area contributed by atoms with E-state index in [1.807, 2.05) is 36.4 Å². The summed E-state index contributed by atoms with van der Waals surface area (Å²) in [5.41, 5.74) is 4.80. The molecule has 6 heteroatoms. The number of ether oxygens (including phenoxy) is 1. The lowest BCUT2D eigenvalue weighted by atomic mass is 10.1. The van der Waals surface area contributed by atoms with Gasteiger partial charge in [-0.25, -0.2) is 4.98 Å². The van der Waals surface area contributed by atoms with Crippen LogP contribution in [0.15, 0.2) is 46.9 Å². The minimum atomic E-state index is -0.871. The molecule has 0 radical (unpaired) electrons. The number of esters is 1. The fourth-order valence-corrected chi connectivity index (χ4v) is 3.44. The average molecular weight is 378 g/mol. The molecule has 1 aliphatic carbocycles. The first kappa shape index (κ1) is 18.2. The number of nitrogens with one attached hydrogen (secondary N) is 1. The summed E-state index contributed by atoms with van der Waals surface area (Å²) < 4.78 is 10.8. The van der Waals surface area contributed by atoms with Crippen molar-refractivity contribution in [3.63, 3.8) is 0 Å². The van der Waals surface area contributed by atoms with E-state index >= 15 is 0 Å². The zero-order valence-electron chi connectivity index (χ0n) is 15.7. The second-order valence-electron chi connectivity index (χ2n) is 7.03. The van der Waals surface area contributed by atoms with Crippen LogP contribution in [0.1, 0.15) is 36.8 Å². The van der Waals surface area contributed by atoms with E-state index in [2.05, 4.69) is 16.4 Å². The topological polar surface area (TPSA) is 81.4 Å². The third-order valence-corrected chi connectivity index (χ3v) is 4.92. The molecule has 1 atom stereocenters. The molecule has 3 aromatic rings. The van der Waals surface area contributed by atoms with Crippen molar-refractivity contribution in [1.82, 2.24) is 4.98 Å². The maximum absolute atomic E-state index is 12.3. The number of amides is 1. The van der Waals surface area contributed by atoms with Gasteiger partial charge in [-0.2, -0.15) is 0 Å². The molecule has 0 spiro atoms. The molecule has 0 fully saturated rings. The van der Waals surface area contributed by atoms with E-state index in [0.717, 1.165) is 30.5 Å². The van der Waals surface area contributed by atoms with Gasteiger partial charge in [0.25, 0.3) is 5.91 Å². The third-order valence-electron chi connectivity index (χ3n) is 4.92. The first-order valence-corrected chi connectivity index (χ1v) is 9.55. The highest BCUT2D eigenvalue weighted by molar-refractivity contribution is 5.95. The molecule has 0 saturated heterocycles. The number of nitrogens with zero attached hydrogens (tertiary/aromatic N) is 1. The number of aromatic nitrogens is 1. The molecule has 1 aromatic heterocycles. The van der Waals surface area contributed by atoms with Gasteiger partial charge in [-0.05, 0) is 61.6 Å². The Hall–Kier alpha value is -3.15. The third kappa shape index (κ3) is 4.06. The number of para-hydroxylation sites is 2. The number of hydrogen-bond acceptors (Lipinski definition) is 5. The van der Waals surface area contributed by atoms with Crippen LogP contribution in [0, 0.1) is 0 Å². The van der Waals surface area contributed by atoms with E-state index < -0.39 is 12.1 Å². The van der Waals surface area contributed by atoms with Gasteiger partial charge in [0.05, 0.1) is 6.42 Å². The van der Waals surface area contributed by atoms with E-state index in [4.69, 9.17) is 9.15 Å². The molecular formula is C22H22N2O4. The standard InChI is InChI=1S/C22H22N2O4/c1-14(22(26)23-17-10-9-15-5-4-6-16(15)13-17)27-21(25)12-11-20-24-18-7-2-3-8-19(18)28-20/h2-3,7-10,13-14H,4-6,11-12H2,1H3,(H,23,26)/t14-/m0/s1. The van der Waals surface area contributed by atoms with Crippen molar-refractivity contribution < 1.29 is 18.7 Å². The van der Waals surface area contributed by atoms with Crippen LogP contribution in [-0.2, 0) is 33.6 Å². The summed E-state index contributed by atoms with van der Waals surface area (Å²) in [6.07, 6.45) is 2.85. The van der Waals surface area contributed by atoms with Crippen LogP contribution in [0.4, 0.5) is 5.69 Å². The van der Waals surface area contributed by atoms with E-state index in [1.165, 1.54) is 11.1 Å². The number of rotatable bonds is 6. The molecule has 6 nitrogen and oxygen atoms in total. The molecule has 4 rings (SSSR count). The van der Waals surface area contributed by atoms with Gasteiger partial charge in [-0.15, -0.1) is 0 Å².